The fourth-order valence-electron chi connectivity index (χ4n) is 1.09. The average molecular weight is 224 g/mol. The van der Waals surface area contributed by atoms with Gasteiger partial charge in [0.15, 0.2) is 23.2 Å². The van der Waals surface area contributed by atoms with Crippen molar-refractivity contribution in [3.63, 3.8) is 0 Å². The smallest absolute Gasteiger partial charge is 0.203 e. The van der Waals surface area contributed by atoms with Crippen molar-refractivity contribution in [3.05, 3.63) is 29.6 Å². The van der Waals surface area contributed by atoms with Crippen molar-refractivity contribution >= 4 is 0 Å². The lowest BCUT2D eigenvalue weighted by atomic mass is 10.2. The summed E-state index contributed by atoms with van der Waals surface area (Å²) >= 11 is 0. The molecule has 2 rings (SSSR count). The van der Waals surface area contributed by atoms with Gasteiger partial charge in [-0.15, -0.1) is 20.4 Å². The maximum Gasteiger partial charge on any atom is 0.203 e. The van der Waals surface area contributed by atoms with Crippen LogP contribution in [0.15, 0.2) is 12.1 Å². The summed E-state index contributed by atoms with van der Waals surface area (Å²) in [6.07, 6.45) is 0. The van der Waals surface area contributed by atoms with Crippen LogP contribution in [0, 0.1) is 18.6 Å². The zero-order valence-electron chi connectivity index (χ0n) is 8.15. The average Bonchev–Trinajstić information content (AvgIpc) is 2.26. The molecule has 0 bridgehead atoms. The number of phenols is 1. The molecule has 0 spiro atoms. The normalized spacial score (nSPS) is 10.4. The first-order chi connectivity index (χ1) is 7.58. The molecule has 0 amide bonds. The van der Waals surface area contributed by atoms with Crippen LogP contribution in [-0.2, 0) is 0 Å². The minimum Gasteiger partial charge on any atom is -0.503 e. The number of halogens is 2. The van der Waals surface area contributed by atoms with Gasteiger partial charge < -0.3 is 5.11 Å². The molecule has 0 unspecified atom stereocenters. The van der Waals surface area contributed by atoms with Crippen LogP contribution in [0.2, 0.25) is 0 Å². The van der Waals surface area contributed by atoms with Gasteiger partial charge in [0.05, 0.1) is 0 Å². The summed E-state index contributed by atoms with van der Waals surface area (Å²) in [6.45, 7) is 1.59. The second-order valence-electron chi connectivity index (χ2n) is 3.06. The van der Waals surface area contributed by atoms with E-state index in [1.54, 1.807) is 6.92 Å². The first-order valence-electron chi connectivity index (χ1n) is 4.30. The number of phenolic OH excluding ortho intramolecular Hbond substituents is 1. The number of hydrogen-bond donors (Lipinski definition) is 1. The monoisotopic (exact) mass is 224 g/mol. The highest BCUT2D eigenvalue weighted by Gasteiger charge is 2.12. The van der Waals surface area contributed by atoms with Gasteiger partial charge in [0.1, 0.15) is 0 Å². The molecule has 0 aliphatic carbocycles. The maximum absolute atomic E-state index is 13.0. The molecule has 2 aromatic rings. The van der Waals surface area contributed by atoms with Crippen molar-refractivity contribution < 1.29 is 13.9 Å². The van der Waals surface area contributed by atoms with Crippen molar-refractivity contribution in [2.24, 2.45) is 0 Å². The topological polar surface area (TPSA) is 71.8 Å². The lowest BCUT2D eigenvalue weighted by Crippen LogP contribution is -1.99. The van der Waals surface area contributed by atoms with Gasteiger partial charge in [0.25, 0.3) is 0 Å². The van der Waals surface area contributed by atoms with Crippen molar-refractivity contribution in [1.82, 2.24) is 20.4 Å². The molecular formula is C9H6F2N4O. The Bertz CT molecular complexity index is 507. The fraction of sp³-hybridized carbons (Fsp3) is 0.111. The SMILES string of the molecule is Cc1nnc(-c2cc(F)c(O)c(F)c2)nn1. The summed E-state index contributed by atoms with van der Waals surface area (Å²) in [5.74, 6) is -2.86. The van der Waals surface area contributed by atoms with Gasteiger partial charge in [0, 0.05) is 5.56 Å². The summed E-state index contributed by atoms with van der Waals surface area (Å²) < 4.78 is 26.0. The van der Waals surface area contributed by atoms with E-state index in [9.17, 15) is 8.78 Å². The first-order valence-corrected chi connectivity index (χ1v) is 4.30. The van der Waals surface area contributed by atoms with Crippen LogP contribution in [0.3, 0.4) is 0 Å². The molecule has 5 nitrogen and oxygen atoms in total. The third kappa shape index (κ3) is 1.79. The zero-order valence-corrected chi connectivity index (χ0v) is 8.15. The Hall–Kier alpha value is -2.18. The molecule has 0 atom stereocenters. The van der Waals surface area contributed by atoms with E-state index in [0.717, 1.165) is 12.1 Å². The van der Waals surface area contributed by atoms with Gasteiger partial charge in [0.2, 0.25) is 5.82 Å². The van der Waals surface area contributed by atoms with Crippen LogP contribution in [0.1, 0.15) is 5.82 Å². The van der Waals surface area contributed by atoms with E-state index in [-0.39, 0.29) is 11.4 Å². The highest BCUT2D eigenvalue weighted by molar-refractivity contribution is 5.55. The standard InChI is InChI=1S/C9H6F2N4O/c1-4-12-14-9(15-13-4)5-2-6(10)8(16)7(11)3-5/h2-3,16H,1H3. The molecule has 1 aromatic heterocycles. The van der Waals surface area contributed by atoms with E-state index in [1.165, 1.54) is 0 Å². The minimum atomic E-state index is -1.08. The molecule has 0 saturated carbocycles. The Kier molecular flexibility index (Phi) is 2.43. The van der Waals surface area contributed by atoms with Crippen molar-refractivity contribution in [3.8, 4) is 17.1 Å². The van der Waals surface area contributed by atoms with E-state index in [2.05, 4.69) is 20.4 Å². The highest BCUT2D eigenvalue weighted by Crippen LogP contribution is 2.25. The molecule has 0 aliphatic heterocycles. The van der Waals surface area contributed by atoms with Crippen LogP contribution in [0.5, 0.6) is 5.75 Å². The van der Waals surface area contributed by atoms with Crippen LogP contribution < -0.4 is 0 Å². The van der Waals surface area contributed by atoms with E-state index in [4.69, 9.17) is 5.11 Å². The number of benzene rings is 1. The maximum atomic E-state index is 13.0. The summed E-state index contributed by atoms with van der Waals surface area (Å²) in [5.41, 5.74) is 0.0628. The number of nitrogens with zero attached hydrogens (tertiary/aromatic N) is 4. The number of aryl methyl sites for hydroxylation is 1. The number of aromatic nitrogens is 4. The Morgan fingerprint density at radius 1 is 1.00 bits per heavy atom. The minimum absolute atomic E-state index is 0.0107. The molecule has 1 N–H and O–H groups in total. The first kappa shape index (κ1) is 10.3. The molecule has 82 valence electrons. The predicted molar refractivity (Wildman–Crippen MR) is 49.4 cm³/mol. The largest absolute Gasteiger partial charge is 0.503 e. The van der Waals surface area contributed by atoms with Gasteiger partial charge in [-0.25, -0.2) is 8.78 Å². The Morgan fingerprint density at radius 2 is 1.50 bits per heavy atom. The molecule has 0 saturated heterocycles. The van der Waals surface area contributed by atoms with Crippen LogP contribution in [0.4, 0.5) is 8.78 Å². The third-order valence-electron chi connectivity index (χ3n) is 1.85. The zero-order chi connectivity index (χ0) is 11.7. The summed E-state index contributed by atoms with van der Waals surface area (Å²) in [7, 11) is 0. The number of rotatable bonds is 1. The lowest BCUT2D eigenvalue weighted by molar-refractivity contribution is 0.396. The van der Waals surface area contributed by atoms with Crippen LogP contribution in [0.25, 0.3) is 11.4 Å². The van der Waals surface area contributed by atoms with E-state index < -0.39 is 17.4 Å². The Labute approximate surface area is 88.8 Å². The van der Waals surface area contributed by atoms with Gasteiger partial charge >= 0.3 is 0 Å². The fourth-order valence-corrected chi connectivity index (χ4v) is 1.09. The van der Waals surface area contributed by atoms with Gasteiger partial charge in [-0.05, 0) is 19.1 Å². The van der Waals surface area contributed by atoms with E-state index in [1.807, 2.05) is 0 Å². The summed E-state index contributed by atoms with van der Waals surface area (Å²) in [4.78, 5) is 0. The quantitative estimate of drug-likeness (QED) is 0.788. The molecule has 7 heteroatoms. The summed E-state index contributed by atoms with van der Waals surface area (Å²) in [6, 6.07) is 1.82. The van der Waals surface area contributed by atoms with Crippen molar-refractivity contribution in [2.45, 2.75) is 6.92 Å². The molecular weight excluding hydrogens is 218 g/mol. The molecule has 0 aliphatic rings. The summed E-state index contributed by atoms with van der Waals surface area (Å²) in [5, 5.41) is 23.4. The van der Waals surface area contributed by atoms with Crippen LogP contribution in [-0.4, -0.2) is 25.5 Å². The van der Waals surface area contributed by atoms with Gasteiger partial charge in [-0.1, -0.05) is 0 Å². The van der Waals surface area contributed by atoms with Crippen molar-refractivity contribution in [1.29, 1.82) is 0 Å². The molecule has 1 aromatic carbocycles. The van der Waals surface area contributed by atoms with Crippen molar-refractivity contribution in [2.75, 3.05) is 0 Å². The van der Waals surface area contributed by atoms with E-state index >= 15 is 0 Å². The van der Waals surface area contributed by atoms with Gasteiger partial charge in [-0.3, -0.25) is 0 Å². The Morgan fingerprint density at radius 3 is 2.00 bits per heavy atom. The predicted octanol–water partition coefficient (Wildman–Crippen LogP) is 1.23. The second-order valence-corrected chi connectivity index (χ2v) is 3.06. The second kappa shape index (κ2) is 3.76. The molecule has 0 radical (unpaired) electrons. The molecule has 1 heterocycles. The highest BCUT2D eigenvalue weighted by atomic mass is 19.1. The van der Waals surface area contributed by atoms with E-state index in [0.29, 0.717) is 5.82 Å². The van der Waals surface area contributed by atoms with Gasteiger partial charge in [-0.2, -0.15) is 0 Å². The molecule has 0 fully saturated rings. The lowest BCUT2D eigenvalue weighted by Gasteiger charge is -2.01. The Balaban J connectivity index is 2.52. The number of aromatic hydroxyl groups is 1. The number of hydrogen-bond acceptors (Lipinski definition) is 5. The molecule has 16 heavy (non-hydrogen) atoms. The van der Waals surface area contributed by atoms with Crippen LogP contribution >= 0.6 is 0 Å². The third-order valence-corrected chi connectivity index (χ3v) is 1.85.